The van der Waals surface area contributed by atoms with Gasteiger partial charge in [-0.2, -0.15) is 0 Å². The molecule has 12 N–H and O–H groups in total. The molecule has 42 heavy (non-hydrogen) atoms. The highest BCUT2D eigenvalue weighted by Crippen LogP contribution is 2.19. The van der Waals surface area contributed by atoms with Crippen molar-refractivity contribution in [1.82, 2.24) is 20.9 Å². The van der Waals surface area contributed by atoms with Crippen LogP contribution in [0.1, 0.15) is 45.1 Å². The zero-order valence-corrected chi connectivity index (χ0v) is 23.6. The summed E-state index contributed by atoms with van der Waals surface area (Å²) in [6.45, 7) is 3.51. The third-order valence-electron chi connectivity index (χ3n) is 6.54. The summed E-state index contributed by atoms with van der Waals surface area (Å²) in [5.41, 5.74) is 18.0. The van der Waals surface area contributed by atoms with Gasteiger partial charge < -0.3 is 48.3 Å². The number of aromatic nitrogens is 1. The molecule has 230 valence electrons. The molecule has 4 unspecified atom stereocenters. The van der Waals surface area contributed by atoms with Gasteiger partial charge in [0.05, 0.1) is 6.04 Å². The van der Waals surface area contributed by atoms with Crippen molar-refractivity contribution >= 4 is 46.5 Å². The molecule has 1 aromatic carbocycles. The zero-order chi connectivity index (χ0) is 31.4. The number of carboxylic acids is 2. The monoisotopic (exact) mass is 588 g/mol. The first-order valence-electron chi connectivity index (χ1n) is 13.5. The zero-order valence-electron chi connectivity index (χ0n) is 23.6. The lowest BCUT2D eigenvalue weighted by Crippen LogP contribution is -2.58. The average Bonchev–Trinajstić information content (AvgIpc) is 3.33. The Kier molecular flexibility index (Phi) is 12.7. The Hall–Kier alpha value is -4.66. The largest absolute Gasteiger partial charge is 0.481 e. The van der Waals surface area contributed by atoms with Crippen molar-refractivity contribution in [2.24, 2.45) is 28.1 Å². The van der Waals surface area contributed by atoms with Gasteiger partial charge in [-0.05, 0) is 36.8 Å². The summed E-state index contributed by atoms with van der Waals surface area (Å²) in [5.74, 6) is -5.14. The number of carbonyl (C=O) groups is 5. The number of aliphatic carboxylic acids is 2. The SMILES string of the molecule is CC(C)C(NC(=O)C(CCCN=C(N)N)NC(=O)C(N)CCC(=O)O)C(=O)NC(Cc1c[nH]c2ccccc12)C(=O)O. The number of hydrogen-bond donors (Lipinski definition) is 9. The van der Waals surface area contributed by atoms with Gasteiger partial charge in [-0.15, -0.1) is 0 Å². The molecule has 3 amide bonds. The van der Waals surface area contributed by atoms with Crippen LogP contribution >= 0.6 is 0 Å². The van der Waals surface area contributed by atoms with Gasteiger partial charge in [0.2, 0.25) is 17.7 Å². The lowest BCUT2D eigenvalue weighted by Gasteiger charge is -2.27. The predicted molar refractivity (Wildman–Crippen MR) is 155 cm³/mol. The first kappa shape index (κ1) is 33.5. The Morgan fingerprint density at radius 3 is 2.21 bits per heavy atom. The molecule has 4 atom stereocenters. The number of amides is 3. The predicted octanol–water partition coefficient (Wildman–Crippen LogP) is -0.849. The van der Waals surface area contributed by atoms with Crippen LogP contribution in [0.2, 0.25) is 0 Å². The summed E-state index contributed by atoms with van der Waals surface area (Å²) in [7, 11) is 0. The average molecular weight is 589 g/mol. The summed E-state index contributed by atoms with van der Waals surface area (Å²) in [6.07, 6.45) is 1.56. The number of H-pyrrole nitrogens is 1. The second-order valence-electron chi connectivity index (χ2n) is 10.2. The number of benzene rings is 1. The van der Waals surface area contributed by atoms with Crippen molar-refractivity contribution in [1.29, 1.82) is 0 Å². The van der Waals surface area contributed by atoms with Crippen molar-refractivity contribution in [2.75, 3.05) is 6.54 Å². The molecule has 0 aliphatic carbocycles. The quantitative estimate of drug-likeness (QED) is 0.0627. The molecule has 15 heteroatoms. The number of carboxylic acid groups (broad SMARTS) is 2. The number of nitrogens with zero attached hydrogens (tertiary/aromatic N) is 1. The van der Waals surface area contributed by atoms with E-state index in [4.69, 9.17) is 22.3 Å². The molecule has 15 nitrogen and oxygen atoms in total. The molecule has 0 aliphatic heterocycles. The first-order chi connectivity index (χ1) is 19.8. The summed E-state index contributed by atoms with van der Waals surface area (Å²) in [5, 5.41) is 27.2. The molecular formula is C27H40N8O7. The fourth-order valence-corrected chi connectivity index (χ4v) is 4.23. The van der Waals surface area contributed by atoms with E-state index in [9.17, 15) is 29.1 Å². The van der Waals surface area contributed by atoms with E-state index in [2.05, 4.69) is 25.9 Å². The summed E-state index contributed by atoms with van der Waals surface area (Å²) < 4.78 is 0. The second kappa shape index (κ2) is 16.0. The Labute approximate surface area is 242 Å². The van der Waals surface area contributed by atoms with Gasteiger partial charge >= 0.3 is 11.9 Å². The Morgan fingerprint density at radius 2 is 1.60 bits per heavy atom. The van der Waals surface area contributed by atoms with Crippen molar-refractivity contribution < 1.29 is 34.2 Å². The van der Waals surface area contributed by atoms with Crippen molar-refractivity contribution in [2.45, 2.75) is 70.1 Å². The number of fused-ring (bicyclic) bond motifs is 1. The number of carbonyl (C=O) groups excluding carboxylic acids is 3. The minimum Gasteiger partial charge on any atom is -0.481 e. The van der Waals surface area contributed by atoms with E-state index in [1.54, 1.807) is 20.0 Å². The molecule has 0 fully saturated rings. The van der Waals surface area contributed by atoms with Gasteiger partial charge in [-0.1, -0.05) is 32.0 Å². The summed E-state index contributed by atoms with van der Waals surface area (Å²) >= 11 is 0. The van der Waals surface area contributed by atoms with Crippen LogP contribution in [0.25, 0.3) is 10.9 Å². The number of guanidine groups is 1. The minimum atomic E-state index is -1.28. The van der Waals surface area contributed by atoms with Crippen LogP contribution < -0.4 is 33.2 Å². The van der Waals surface area contributed by atoms with E-state index in [0.29, 0.717) is 5.56 Å². The Bertz CT molecular complexity index is 1290. The molecule has 0 spiro atoms. The molecule has 1 heterocycles. The lowest BCUT2D eigenvalue weighted by molar-refractivity contribution is -0.142. The highest BCUT2D eigenvalue weighted by Gasteiger charge is 2.32. The second-order valence-corrected chi connectivity index (χ2v) is 10.2. The van der Waals surface area contributed by atoms with Crippen LogP contribution in [0.15, 0.2) is 35.5 Å². The maximum absolute atomic E-state index is 13.3. The third kappa shape index (κ3) is 10.4. The van der Waals surface area contributed by atoms with Crippen LogP contribution in [0.3, 0.4) is 0 Å². The number of para-hydroxylation sites is 1. The molecular weight excluding hydrogens is 548 g/mol. The molecule has 0 bridgehead atoms. The summed E-state index contributed by atoms with van der Waals surface area (Å²) in [4.78, 5) is 69.0. The number of aromatic amines is 1. The smallest absolute Gasteiger partial charge is 0.326 e. The van der Waals surface area contributed by atoms with Crippen molar-refractivity contribution in [3.05, 3.63) is 36.0 Å². The van der Waals surface area contributed by atoms with Crippen molar-refractivity contribution in [3.8, 4) is 0 Å². The lowest BCUT2D eigenvalue weighted by atomic mass is 10.00. The fourth-order valence-electron chi connectivity index (χ4n) is 4.23. The molecule has 0 aliphatic rings. The van der Waals surface area contributed by atoms with Crippen LogP contribution in [0.4, 0.5) is 0 Å². The highest BCUT2D eigenvalue weighted by atomic mass is 16.4. The number of aliphatic imine (C=N–C) groups is 1. The molecule has 0 radical (unpaired) electrons. The van der Waals surface area contributed by atoms with E-state index >= 15 is 0 Å². The van der Waals surface area contributed by atoms with Gasteiger partial charge in [-0.3, -0.25) is 24.2 Å². The normalized spacial score (nSPS) is 13.9. The third-order valence-corrected chi connectivity index (χ3v) is 6.54. The van der Waals surface area contributed by atoms with E-state index in [0.717, 1.165) is 10.9 Å². The maximum Gasteiger partial charge on any atom is 0.326 e. The number of hydrogen-bond acceptors (Lipinski definition) is 7. The molecule has 1 aromatic heterocycles. The van der Waals surface area contributed by atoms with E-state index in [1.165, 1.54) is 0 Å². The van der Waals surface area contributed by atoms with Crippen LogP contribution in [0.5, 0.6) is 0 Å². The van der Waals surface area contributed by atoms with Crippen LogP contribution in [0, 0.1) is 5.92 Å². The van der Waals surface area contributed by atoms with Gasteiger partial charge in [0.15, 0.2) is 5.96 Å². The van der Waals surface area contributed by atoms with Gasteiger partial charge in [0.1, 0.15) is 18.1 Å². The topological polar surface area (TPSA) is 268 Å². The number of nitrogens with two attached hydrogens (primary N) is 3. The first-order valence-corrected chi connectivity index (χ1v) is 13.5. The Balaban J connectivity index is 2.16. The number of rotatable bonds is 17. The van der Waals surface area contributed by atoms with Crippen molar-refractivity contribution in [3.63, 3.8) is 0 Å². The van der Waals surface area contributed by atoms with E-state index in [1.807, 2.05) is 24.3 Å². The Morgan fingerprint density at radius 1 is 0.929 bits per heavy atom. The standard InChI is InChI=1S/C27H40N8O7/c1-14(2)22(25(40)34-20(26(41)42)12-15-13-32-18-7-4-3-6-16(15)18)35-24(39)19(8-5-11-31-27(29)30)33-23(38)17(28)9-10-21(36)37/h3-4,6-7,13-14,17,19-20,22,32H,5,8-12,28H2,1-2H3,(H,33,38)(H,34,40)(H,35,39)(H,36,37)(H,41,42)(H4,29,30,31). The molecule has 0 saturated heterocycles. The van der Waals surface area contributed by atoms with E-state index < -0.39 is 59.7 Å². The highest BCUT2D eigenvalue weighted by molar-refractivity contribution is 5.94. The molecule has 2 rings (SSSR count). The van der Waals surface area contributed by atoms with Gasteiger partial charge in [0, 0.05) is 36.5 Å². The number of nitrogens with one attached hydrogen (secondary N) is 4. The minimum absolute atomic E-state index is 0.00154. The van der Waals surface area contributed by atoms with E-state index in [-0.39, 0.29) is 44.6 Å². The van der Waals surface area contributed by atoms with Crippen LogP contribution in [-0.2, 0) is 30.4 Å². The summed E-state index contributed by atoms with van der Waals surface area (Å²) in [6, 6.07) is 2.60. The van der Waals surface area contributed by atoms with Gasteiger partial charge in [-0.25, -0.2) is 4.79 Å². The van der Waals surface area contributed by atoms with Gasteiger partial charge in [0.25, 0.3) is 0 Å². The fraction of sp³-hybridized carbons (Fsp3) is 0.481. The maximum atomic E-state index is 13.3. The molecule has 0 saturated carbocycles. The molecule has 2 aromatic rings. The van der Waals surface area contributed by atoms with Crippen LogP contribution in [-0.4, -0.2) is 81.5 Å².